The number of aromatic nitrogens is 3. The van der Waals surface area contributed by atoms with Gasteiger partial charge in [-0.3, -0.25) is 19.6 Å². The van der Waals surface area contributed by atoms with Crippen LogP contribution >= 0.6 is 0 Å². The number of carbonyl (C=O) groups excluding carboxylic acids is 1. The number of nitrogens with one attached hydrogen (secondary N) is 2. The van der Waals surface area contributed by atoms with Crippen molar-refractivity contribution in [3.63, 3.8) is 0 Å². The molecule has 0 unspecified atom stereocenters. The summed E-state index contributed by atoms with van der Waals surface area (Å²) in [7, 11) is 3.25. The molecule has 1 aromatic carbocycles. The van der Waals surface area contributed by atoms with E-state index in [0.717, 1.165) is 11.1 Å². The second kappa shape index (κ2) is 9.66. The molecule has 0 spiro atoms. The van der Waals surface area contributed by atoms with Crippen molar-refractivity contribution in [2.24, 2.45) is 7.05 Å². The number of carboxylic acids is 1. The fourth-order valence-electron chi connectivity index (χ4n) is 2.94. The molecule has 9 heteroatoms. The van der Waals surface area contributed by atoms with Crippen molar-refractivity contribution >= 4 is 17.7 Å². The van der Waals surface area contributed by atoms with Crippen LogP contribution in [0.2, 0.25) is 0 Å². The van der Waals surface area contributed by atoms with Crippen LogP contribution in [0.5, 0.6) is 5.88 Å². The predicted octanol–water partition coefficient (Wildman–Crippen LogP) is 1.71. The number of rotatable bonds is 9. The monoisotopic (exact) mass is 409 g/mol. The predicted molar refractivity (Wildman–Crippen MR) is 111 cm³/mol. The summed E-state index contributed by atoms with van der Waals surface area (Å²) in [6, 6.07) is 14.0. The fraction of sp³-hybridized carbons (Fsp3) is 0.238. The average molecular weight is 409 g/mol. The number of aliphatic carboxylic acids is 1. The van der Waals surface area contributed by atoms with Crippen LogP contribution in [0, 0.1) is 0 Å². The minimum Gasteiger partial charge on any atom is -0.481 e. The minimum atomic E-state index is -1.03. The topological polar surface area (TPSA) is 118 Å². The third-order valence-electron chi connectivity index (χ3n) is 4.47. The summed E-state index contributed by atoms with van der Waals surface area (Å²) >= 11 is 0. The van der Waals surface area contributed by atoms with Crippen molar-refractivity contribution in [1.29, 1.82) is 0 Å². The summed E-state index contributed by atoms with van der Waals surface area (Å²) in [6.45, 7) is -0.321. The maximum Gasteiger partial charge on any atom is 0.317 e. The van der Waals surface area contributed by atoms with Gasteiger partial charge < -0.3 is 15.2 Å². The lowest BCUT2D eigenvalue weighted by atomic mass is 10.1. The van der Waals surface area contributed by atoms with Crippen molar-refractivity contribution in [2.45, 2.75) is 12.5 Å². The molecule has 0 saturated heterocycles. The molecule has 0 aliphatic heterocycles. The zero-order chi connectivity index (χ0) is 21.5. The van der Waals surface area contributed by atoms with Crippen LogP contribution in [-0.4, -0.2) is 51.4 Å². The Hall–Kier alpha value is -3.72. The normalized spacial score (nSPS) is 11.7. The number of pyridine rings is 1. The number of carboxylic acid groups (broad SMARTS) is 1. The van der Waals surface area contributed by atoms with E-state index >= 15 is 0 Å². The second-order valence-corrected chi connectivity index (χ2v) is 6.63. The third kappa shape index (κ3) is 5.42. The van der Waals surface area contributed by atoms with E-state index in [1.54, 1.807) is 36.1 Å². The molecule has 3 rings (SSSR count). The van der Waals surface area contributed by atoms with Gasteiger partial charge in [0.15, 0.2) is 0 Å². The first-order valence-electron chi connectivity index (χ1n) is 9.30. The molecule has 2 aromatic heterocycles. The van der Waals surface area contributed by atoms with Gasteiger partial charge in [-0.1, -0.05) is 30.3 Å². The van der Waals surface area contributed by atoms with Gasteiger partial charge in [0.25, 0.3) is 0 Å². The number of carbonyl (C=O) groups is 2. The largest absolute Gasteiger partial charge is 0.481 e. The Bertz CT molecular complexity index is 1020. The minimum absolute atomic E-state index is 0.321. The highest BCUT2D eigenvalue weighted by Crippen LogP contribution is 2.23. The first-order valence-corrected chi connectivity index (χ1v) is 9.30. The maximum atomic E-state index is 12.9. The first kappa shape index (κ1) is 21.0. The Kier molecular flexibility index (Phi) is 6.76. The Morgan fingerprint density at radius 3 is 2.67 bits per heavy atom. The second-order valence-electron chi connectivity index (χ2n) is 6.63. The van der Waals surface area contributed by atoms with Gasteiger partial charge in [-0.15, -0.1) is 0 Å². The highest BCUT2D eigenvalue weighted by Gasteiger charge is 2.21. The number of hydrogen-bond acceptors (Lipinski definition) is 6. The number of hydrogen-bond donors (Lipinski definition) is 3. The van der Waals surface area contributed by atoms with E-state index in [4.69, 9.17) is 9.84 Å². The van der Waals surface area contributed by atoms with Gasteiger partial charge in [-0.2, -0.15) is 5.10 Å². The average Bonchev–Trinajstić information content (AvgIpc) is 3.12. The molecule has 0 aliphatic rings. The molecule has 1 amide bonds. The molecular weight excluding hydrogens is 386 g/mol. The van der Waals surface area contributed by atoms with Crippen LogP contribution in [0.4, 0.5) is 5.82 Å². The van der Waals surface area contributed by atoms with E-state index in [1.807, 2.05) is 30.3 Å². The van der Waals surface area contributed by atoms with E-state index in [1.165, 1.54) is 7.11 Å². The molecule has 0 radical (unpaired) electrons. The van der Waals surface area contributed by atoms with E-state index in [2.05, 4.69) is 20.7 Å². The number of benzene rings is 1. The van der Waals surface area contributed by atoms with Crippen molar-refractivity contribution in [1.82, 2.24) is 20.1 Å². The van der Waals surface area contributed by atoms with Crippen molar-refractivity contribution in [3.05, 3.63) is 60.3 Å². The Labute approximate surface area is 173 Å². The molecule has 9 nitrogen and oxygen atoms in total. The van der Waals surface area contributed by atoms with Gasteiger partial charge in [-0.25, -0.2) is 4.98 Å². The zero-order valence-electron chi connectivity index (χ0n) is 16.7. The summed E-state index contributed by atoms with van der Waals surface area (Å²) in [6.07, 6.45) is 1.97. The van der Waals surface area contributed by atoms with E-state index in [0.29, 0.717) is 23.8 Å². The van der Waals surface area contributed by atoms with Crippen LogP contribution in [0.1, 0.15) is 5.56 Å². The smallest absolute Gasteiger partial charge is 0.317 e. The van der Waals surface area contributed by atoms with Gasteiger partial charge in [0.2, 0.25) is 11.8 Å². The van der Waals surface area contributed by atoms with Crippen LogP contribution < -0.4 is 15.4 Å². The Balaban J connectivity index is 1.77. The van der Waals surface area contributed by atoms with Crippen LogP contribution in [-0.2, 0) is 23.1 Å². The number of nitrogens with zero attached hydrogens (tertiary/aromatic N) is 3. The van der Waals surface area contributed by atoms with Gasteiger partial charge in [0.1, 0.15) is 5.82 Å². The van der Waals surface area contributed by atoms with Gasteiger partial charge in [-0.05, 0) is 18.1 Å². The van der Waals surface area contributed by atoms with Crippen LogP contribution in [0.15, 0.2) is 54.7 Å². The number of aryl methyl sites for hydroxylation is 1. The molecule has 0 bridgehead atoms. The number of methoxy groups -OCH3 is 1. The third-order valence-corrected chi connectivity index (χ3v) is 4.47. The fourth-order valence-corrected chi connectivity index (χ4v) is 2.94. The summed E-state index contributed by atoms with van der Waals surface area (Å²) < 4.78 is 6.69. The number of anilines is 1. The summed E-state index contributed by atoms with van der Waals surface area (Å²) in [5, 5.41) is 19.1. The first-order chi connectivity index (χ1) is 14.5. The lowest BCUT2D eigenvalue weighted by Crippen LogP contribution is -2.44. The molecule has 3 N–H and O–H groups in total. The van der Waals surface area contributed by atoms with E-state index < -0.39 is 12.0 Å². The maximum absolute atomic E-state index is 12.9. The lowest BCUT2D eigenvalue weighted by molar-refractivity contribution is -0.136. The van der Waals surface area contributed by atoms with Gasteiger partial charge in [0, 0.05) is 30.9 Å². The van der Waals surface area contributed by atoms with Crippen molar-refractivity contribution in [2.75, 3.05) is 19.0 Å². The molecule has 1 atom stereocenters. The summed E-state index contributed by atoms with van der Waals surface area (Å²) in [4.78, 5) is 27.9. The van der Waals surface area contributed by atoms with Crippen LogP contribution in [0.3, 0.4) is 0 Å². The number of amides is 1. The molecule has 3 aromatic rings. The van der Waals surface area contributed by atoms with Crippen LogP contribution in [0.25, 0.3) is 11.3 Å². The molecular formula is C21H23N5O4. The molecule has 0 saturated carbocycles. The quantitative estimate of drug-likeness (QED) is 0.492. The molecule has 30 heavy (non-hydrogen) atoms. The molecule has 156 valence electrons. The Morgan fingerprint density at radius 2 is 1.97 bits per heavy atom. The Morgan fingerprint density at radius 1 is 1.20 bits per heavy atom. The molecule has 2 heterocycles. The van der Waals surface area contributed by atoms with E-state index in [9.17, 15) is 9.59 Å². The van der Waals surface area contributed by atoms with Gasteiger partial charge in [0.05, 0.1) is 25.4 Å². The SMILES string of the molecule is COc1cc(-c2cc(NC(=O)[C@H](Cc3ccccc3)NCC(=O)O)n(C)n2)ccn1. The zero-order valence-corrected chi connectivity index (χ0v) is 16.7. The van der Waals surface area contributed by atoms with Crippen molar-refractivity contribution in [3.8, 4) is 17.1 Å². The highest BCUT2D eigenvalue weighted by atomic mass is 16.5. The van der Waals surface area contributed by atoms with Crippen molar-refractivity contribution < 1.29 is 19.4 Å². The van der Waals surface area contributed by atoms with Gasteiger partial charge >= 0.3 is 5.97 Å². The standard InChI is InChI=1S/C21H23N5O4/c1-26-18(12-16(25-26)15-8-9-22-19(11-15)30-2)24-21(29)17(23-13-20(27)28)10-14-6-4-3-5-7-14/h3-9,11-12,17,23H,10,13H2,1-2H3,(H,24,29)(H,27,28)/t17-/m0/s1. The summed E-state index contributed by atoms with van der Waals surface area (Å²) in [5.41, 5.74) is 2.36. The van der Waals surface area contributed by atoms with E-state index in [-0.39, 0.29) is 12.5 Å². The summed E-state index contributed by atoms with van der Waals surface area (Å²) in [5.74, 6) is -0.428. The molecule has 0 aliphatic carbocycles. The highest BCUT2D eigenvalue weighted by molar-refractivity contribution is 5.95. The number of ether oxygens (including phenoxy) is 1. The lowest BCUT2D eigenvalue weighted by Gasteiger charge is -2.17. The molecule has 0 fully saturated rings.